The van der Waals surface area contributed by atoms with Gasteiger partial charge in [-0.1, -0.05) is 19.9 Å². The van der Waals surface area contributed by atoms with Crippen molar-refractivity contribution in [1.82, 2.24) is 10.2 Å². The summed E-state index contributed by atoms with van der Waals surface area (Å²) in [7, 11) is 0. The van der Waals surface area contributed by atoms with Gasteiger partial charge in [0.05, 0.1) is 4.47 Å². The lowest BCUT2D eigenvalue weighted by Crippen LogP contribution is -2.36. The van der Waals surface area contributed by atoms with Gasteiger partial charge in [-0.2, -0.15) is 0 Å². The van der Waals surface area contributed by atoms with Crippen LogP contribution in [0, 0.1) is 5.82 Å². The maximum Gasteiger partial charge on any atom is 0.137 e. The molecule has 0 fully saturated rings. The van der Waals surface area contributed by atoms with Crippen LogP contribution in [-0.4, -0.2) is 37.6 Å². The lowest BCUT2D eigenvalue weighted by Gasteiger charge is -2.22. The molecule has 0 amide bonds. The Balaban J connectivity index is 2.55. The predicted octanol–water partition coefficient (Wildman–Crippen LogP) is 2.52. The Morgan fingerprint density at radius 1 is 1.37 bits per heavy atom. The van der Waals surface area contributed by atoms with Gasteiger partial charge in [-0.15, -0.1) is 0 Å². The fraction of sp³-hybridized carbons (Fsp3) is 0.571. The van der Waals surface area contributed by atoms with Crippen molar-refractivity contribution in [2.75, 3.05) is 32.7 Å². The molecule has 0 radical (unpaired) electrons. The topological polar surface area (TPSA) is 41.3 Å². The van der Waals surface area contributed by atoms with E-state index < -0.39 is 0 Å². The fourth-order valence-electron chi connectivity index (χ4n) is 2.00. The first-order valence-electron chi connectivity index (χ1n) is 6.73. The quantitative estimate of drug-likeness (QED) is 0.769. The molecule has 108 valence electrons. The third kappa shape index (κ3) is 5.18. The maximum atomic E-state index is 13.2. The molecule has 3 N–H and O–H groups in total. The third-order valence-corrected chi connectivity index (χ3v) is 3.90. The van der Waals surface area contributed by atoms with Gasteiger partial charge in [-0.3, -0.25) is 0 Å². The average molecular weight is 332 g/mol. The normalized spacial score (nSPS) is 12.9. The van der Waals surface area contributed by atoms with Crippen LogP contribution in [0.15, 0.2) is 22.7 Å². The van der Waals surface area contributed by atoms with Gasteiger partial charge < -0.3 is 16.0 Å². The van der Waals surface area contributed by atoms with Crippen molar-refractivity contribution >= 4 is 15.9 Å². The third-order valence-electron chi connectivity index (χ3n) is 3.29. The first-order valence-corrected chi connectivity index (χ1v) is 7.52. The van der Waals surface area contributed by atoms with Gasteiger partial charge in [0.1, 0.15) is 5.82 Å². The molecule has 0 saturated carbocycles. The van der Waals surface area contributed by atoms with Gasteiger partial charge in [0.2, 0.25) is 0 Å². The molecule has 1 aromatic carbocycles. The van der Waals surface area contributed by atoms with E-state index in [0.717, 1.165) is 31.7 Å². The fourth-order valence-corrected chi connectivity index (χ4v) is 2.40. The molecule has 0 saturated heterocycles. The summed E-state index contributed by atoms with van der Waals surface area (Å²) in [6.07, 6.45) is 0. The SMILES string of the molecule is CCN(CC)CCNC(CN)c1ccc(F)c(Br)c1. The zero-order valence-corrected chi connectivity index (χ0v) is 13.2. The number of likely N-dealkylation sites (N-methyl/N-ethyl adjacent to an activating group) is 1. The molecule has 0 aliphatic heterocycles. The van der Waals surface area contributed by atoms with E-state index in [1.165, 1.54) is 6.07 Å². The molecular weight excluding hydrogens is 309 g/mol. The molecule has 1 aromatic rings. The summed E-state index contributed by atoms with van der Waals surface area (Å²) in [5.41, 5.74) is 6.80. The minimum Gasteiger partial charge on any atom is -0.329 e. The highest BCUT2D eigenvalue weighted by molar-refractivity contribution is 9.10. The number of hydrogen-bond acceptors (Lipinski definition) is 3. The Hall–Kier alpha value is -0.490. The smallest absolute Gasteiger partial charge is 0.137 e. The molecule has 3 nitrogen and oxygen atoms in total. The standard InChI is InChI=1S/C14H23BrFN3/c1-3-19(4-2)8-7-18-14(10-17)11-5-6-13(16)12(15)9-11/h5-6,9,14,18H,3-4,7-8,10,17H2,1-2H3. The molecule has 0 heterocycles. The second-order valence-corrected chi connectivity index (χ2v) is 5.30. The van der Waals surface area contributed by atoms with Crippen LogP contribution in [0.5, 0.6) is 0 Å². The summed E-state index contributed by atoms with van der Waals surface area (Å²) in [5, 5.41) is 3.42. The van der Waals surface area contributed by atoms with E-state index in [2.05, 4.69) is 40.0 Å². The van der Waals surface area contributed by atoms with Crippen molar-refractivity contribution in [2.24, 2.45) is 5.73 Å². The second-order valence-electron chi connectivity index (χ2n) is 4.44. The number of nitrogens with one attached hydrogen (secondary N) is 1. The Morgan fingerprint density at radius 3 is 2.58 bits per heavy atom. The number of nitrogens with two attached hydrogens (primary N) is 1. The number of rotatable bonds is 8. The van der Waals surface area contributed by atoms with Crippen LogP contribution in [-0.2, 0) is 0 Å². The van der Waals surface area contributed by atoms with Crippen molar-refractivity contribution in [3.8, 4) is 0 Å². The van der Waals surface area contributed by atoms with E-state index in [1.807, 2.05) is 0 Å². The number of benzene rings is 1. The molecular formula is C14H23BrFN3. The summed E-state index contributed by atoms with van der Waals surface area (Å²) < 4.78 is 13.7. The summed E-state index contributed by atoms with van der Waals surface area (Å²) >= 11 is 3.21. The first-order chi connectivity index (χ1) is 9.12. The molecule has 0 bridgehead atoms. The first kappa shape index (κ1) is 16.6. The molecule has 0 aliphatic carbocycles. The second kappa shape index (κ2) is 8.64. The minimum atomic E-state index is -0.248. The van der Waals surface area contributed by atoms with Gasteiger partial charge in [-0.05, 0) is 46.7 Å². The van der Waals surface area contributed by atoms with E-state index in [1.54, 1.807) is 12.1 Å². The molecule has 19 heavy (non-hydrogen) atoms. The van der Waals surface area contributed by atoms with Gasteiger partial charge >= 0.3 is 0 Å². The highest BCUT2D eigenvalue weighted by atomic mass is 79.9. The summed E-state index contributed by atoms with van der Waals surface area (Å²) in [4.78, 5) is 2.35. The molecule has 5 heteroatoms. The van der Waals surface area contributed by atoms with Crippen LogP contribution in [0.1, 0.15) is 25.5 Å². The van der Waals surface area contributed by atoms with Gasteiger partial charge in [0, 0.05) is 25.7 Å². The van der Waals surface area contributed by atoms with Crippen LogP contribution in [0.3, 0.4) is 0 Å². The molecule has 1 atom stereocenters. The van der Waals surface area contributed by atoms with E-state index >= 15 is 0 Å². The summed E-state index contributed by atoms with van der Waals surface area (Å²) in [5.74, 6) is -0.248. The zero-order chi connectivity index (χ0) is 14.3. The van der Waals surface area contributed by atoms with E-state index in [0.29, 0.717) is 11.0 Å². The van der Waals surface area contributed by atoms with Crippen molar-refractivity contribution in [3.63, 3.8) is 0 Å². The minimum absolute atomic E-state index is 0.0625. The lowest BCUT2D eigenvalue weighted by molar-refractivity contribution is 0.297. The van der Waals surface area contributed by atoms with Crippen LogP contribution < -0.4 is 11.1 Å². The van der Waals surface area contributed by atoms with Crippen LogP contribution >= 0.6 is 15.9 Å². The largest absolute Gasteiger partial charge is 0.329 e. The zero-order valence-electron chi connectivity index (χ0n) is 11.6. The van der Waals surface area contributed by atoms with Crippen molar-refractivity contribution in [2.45, 2.75) is 19.9 Å². The molecule has 0 aromatic heterocycles. The van der Waals surface area contributed by atoms with Crippen molar-refractivity contribution < 1.29 is 4.39 Å². The highest BCUT2D eigenvalue weighted by Gasteiger charge is 2.11. The molecule has 0 aliphatic rings. The average Bonchev–Trinajstić information content (AvgIpc) is 2.42. The Labute approximate surface area is 123 Å². The summed E-state index contributed by atoms with van der Waals surface area (Å²) in [6, 6.07) is 5.10. The van der Waals surface area contributed by atoms with E-state index in [4.69, 9.17) is 5.73 Å². The molecule has 0 spiro atoms. The molecule has 1 unspecified atom stereocenters. The maximum absolute atomic E-state index is 13.2. The van der Waals surface area contributed by atoms with Gasteiger partial charge in [-0.25, -0.2) is 4.39 Å². The number of halogens is 2. The van der Waals surface area contributed by atoms with E-state index in [9.17, 15) is 4.39 Å². The highest BCUT2D eigenvalue weighted by Crippen LogP contribution is 2.20. The Bertz CT molecular complexity index is 383. The lowest BCUT2D eigenvalue weighted by atomic mass is 10.1. The van der Waals surface area contributed by atoms with Crippen LogP contribution in [0.4, 0.5) is 4.39 Å². The van der Waals surface area contributed by atoms with Crippen LogP contribution in [0.25, 0.3) is 0 Å². The number of nitrogens with zero attached hydrogens (tertiary/aromatic N) is 1. The monoisotopic (exact) mass is 331 g/mol. The molecule has 1 rings (SSSR count). The van der Waals surface area contributed by atoms with Crippen LogP contribution in [0.2, 0.25) is 0 Å². The Kier molecular flexibility index (Phi) is 7.53. The van der Waals surface area contributed by atoms with E-state index in [-0.39, 0.29) is 11.9 Å². The number of hydrogen-bond donors (Lipinski definition) is 2. The summed E-state index contributed by atoms with van der Waals surface area (Å²) in [6.45, 7) is 8.77. The predicted molar refractivity (Wildman–Crippen MR) is 81.7 cm³/mol. The Morgan fingerprint density at radius 2 is 2.05 bits per heavy atom. The van der Waals surface area contributed by atoms with Gasteiger partial charge in [0.15, 0.2) is 0 Å². The van der Waals surface area contributed by atoms with Crippen molar-refractivity contribution in [3.05, 3.63) is 34.1 Å². The van der Waals surface area contributed by atoms with Gasteiger partial charge in [0.25, 0.3) is 0 Å². The van der Waals surface area contributed by atoms with Crippen molar-refractivity contribution in [1.29, 1.82) is 0 Å².